The number of amides is 2. The molecule has 1 aliphatic heterocycles. The first-order valence-electron chi connectivity index (χ1n) is 9.32. The number of carbonyl (C=O) groups is 2. The molecule has 1 aliphatic rings. The van der Waals surface area contributed by atoms with Gasteiger partial charge in [-0.25, -0.2) is 0 Å². The highest BCUT2D eigenvalue weighted by molar-refractivity contribution is 6.01. The van der Waals surface area contributed by atoms with Crippen LogP contribution < -0.4 is 19.7 Å². The number of ether oxygens (including phenoxy) is 2. The third-order valence-electron chi connectivity index (χ3n) is 4.80. The summed E-state index contributed by atoms with van der Waals surface area (Å²) in [6.45, 7) is 4.55. The molecule has 144 valence electrons. The van der Waals surface area contributed by atoms with Gasteiger partial charge in [0, 0.05) is 25.1 Å². The third kappa shape index (κ3) is 4.90. The number of hydrogen-bond acceptors (Lipinski definition) is 4. The molecule has 2 amide bonds. The molecule has 2 rings (SSSR count). The lowest BCUT2D eigenvalue weighted by Gasteiger charge is -2.21. The highest BCUT2D eigenvalue weighted by Gasteiger charge is 2.36. The Kier molecular flexibility index (Phi) is 7.30. The summed E-state index contributed by atoms with van der Waals surface area (Å²) < 4.78 is 10.6. The van der Waals surface area contributed by atoms with E-state index >= 15 is 0 Å². The van der Waals surface area contributed by atoms with Crippen molar-refractivity contribution in [2.24, 2.45) is 5.92 Å². The fraction of sp³-hybridized carbons (Fsp3) is 0.600. The van der Waals surface area contributed by atoms with Crippen molar-refractivity contribution >= 4 is 17.5 Å². The van der Waals surface area contributed by atoms with E-state index < -0.39 is 0 Å². The molecule has 0 aromatic heterocycles. The van der Waals surface area contributed by atoms with Crippen LogP contribution in [0.5, 0.6) is 11.5 Å². The molecular formula is C20H30N2O4. The molecule has 0 spiro atoms. The fourth-order valence-electron chi connectivity index (χ4n) is 3.26. The van der Waals surface area contributed by atoms with Crippen LogP contribution in [0.4, 0.5) is 5.69 Å². The monoisotopic (exact) mass is 362 g/mol. The van der Waals surface area contributed by atoms with E-state index in [1.807, 2.05) is 6.92 Å². The summed E-state index contributed by atoms with van der Waals surface area (Å²) >= 11 is 0. The predicted molar refractivity (Wildman–Crippen MR) is 102 cm³/mol. The molecule has 6 heteroatoms. The molecule has 2 unspecified atom stereocenters. The van der Waals surface area contributed by atoms with Crippen molar-refractivity contribution in [3.8, 4) is 11.5 Å². The summed E-state index contributed by atoms with van der Waals surface area (Å²) in [5.41, 5.74) is 0.671. The Morgan fingerprint density at radius 2 is 2.08 bits per heavy atom. The van der Waals surface area contributed by atoms with Crippen molar-refractivity contribution in [1.82, 2.24) is 5.32 Å². The summed E-state index contributed by atoms with van der Waals surface area (Å²) in [5.74, 6) is 0.784. The average molecular weight is 362 g/mol. The normalized spacial score (nSPS) is 17.9. The highest BCUT2D eigenvalue weighted by atomic mass is 16.5. The Hall–Kier alpha value is -2.24. The van der Waals surface area contributed by atoms with Gasteiger partial charge < -0.3 is 19.7 Å². The van der Waals surface area contributed by atoms with E-state index in [0.29, 0.717) is 23.7 Å². The molecule has 1 N–H and O–H groups in total. The third-order valence-corrected chi connectivity index (χ3v) is 4.80. The maximum atomic E-state index is 12.5. The lowest BCUT2D eigenvalue weighted by atomic mass is 10.1. The molecule has 1 aromatic carbocycles. The van der Waals surface area contributed by atoms with Crippen molar-refractivity contribution in [2.75, 3.05) is 25.7 Å². The highest BCUT2D eigenvalue weighted by Crippen LogP contribution is 2.35. The van der Waals surface area contributed by atoms with Gasteiger partial charge in [0.15, 0.2) is 0 Å². The zero-order valence-corrected chi connectivity index (χ0v) is 16.2. The second kappa shape index (κ2) is 9.46. The molecule has 0 aliphatic carbocycles. The van der Waals surface area contributed by atoms with Gasteiger partial charge in [0.1, 0.15) is 11.5 Å². The minimum absolute atomic E-state index is 0.0441. The number of anilines is 1. The minimum Gasteiger partial charge on any atom is -0.497 e. The van der Waals surface area contributed by atoms with Gasteiger partial charge in [-0.05, 0) is 25.5 Å². The molecule has 2 atom stereocenters. The van der Waals surface area contributed by atoms with Crippen LogP contribution in [0.25, 0.3) is 0 Å². The Morgan fingerprint density at radius 1 is 1.31 bits per heavy atom. The Labute approximate surface area is 155 Å². The Bertz CT molecular complexity index is 632. The molecule has 0 saturated carbocycles. The van der Waals surface area contributed by atoms with Crippen LogP contribution in [-0.4, -0.2) is 38.6 Å². The Balaban J connectivity index is 2.01. The van der Waals surface area contributed by atoms with E-state index in [0.717, 1.165) is 19.3 Å². The van der Waals surface area contributed by atoms with E-state index in [4.69, 9.17) is 9.47 Å². The van der Waals surface area contributed by atoms with Crippen molar-refractivity contribution in [3.05, 3.63) is 18.2 Å². The SMILES string of the molecule is CCCCCC(C)NC(=O)C1CC(=O)N(c2ccc(OC)cc2OC)C1. The van der Waals surface area contributed by atoms with Crippen molar-refractivity contribution in [2.45, 2.75) is 52.0 Å². The van der Waals surface area contributed by atoms with Crippen LogP contribution in [0, 0.1) is 5.92 Å². The van der Waals surface area contributed by atoms with Crippen LogP contribution in [0.3, 0.4) is 0 Å². The standard InChI is InChI=1S/C20H30N2O4/c1-5-6-7-8-14(2)21-20(24)15-11-19(23)22(13-15)17-10-9-16(25-3)12-18(17)26-4/h9-10,12,14-15H,5-8,11,13H2,1-4H3,(H,21,24). The summed E-state index contributed by atoms with van der Waals surface area (Å²) in [6, 6.07) is 5.46. The molecule has 1 aromatic rings. The van der Waals surface area contributed by atoms with E-state index in [9.17, 15) is 9.59 Å². The molecule has 1 saturated heterocycles. The van der Waals surface area contributed by atoms with E-state index in [1.165, 1.54) is 6.42 Å². The smallest absolute Gasteiger partial charge is 0.227 e. The first kappa shape index (κ1) is 20.1. The summed E-state index contributed by atoms with van der Waals surface area (Å²) in [5, 5.41) is 3.05. The zero-order valence-electron chi connectivity index (χ0n) is 16.2. The largest absolute Gasteiger partial charge is 0.497 e. The van der Waals surface area contributed by atoms with Crippen LogP contribution in [-0.2, 0) is 9.59 Å². The molecule has 0 bridgehead atoms. The van der Waals surface area contributed by atoms with E-state index in [-0.39, 0.29) is 30.2 Å². The van der Waals surface area contributed by atoms with E-state index in [2.05, 4.69) is 12.2 Å². The van der Waals surface area contributed by atoms with E-state index in [1.54, 1.807) is 37.3 Å². The van der Waals surface area contributed by atoms with Gasteiger partial charge in [-0.3, -0.25) is 9.59 Å². The van der Waals surface area contributed by atoms with Crippen LogP contribution in [0.15, 0.2) is 18.2 Å². The van der Waals surface area contributed by atoms with Crippen LogP contribution >= 0.6 is 0 Å². The number of hydrogen-bond donors (Lipinski definition) is 1. The lowest BCUT2D eigenvalue weighted by molar-refractivity contribution is -0.126. The summed E-state index contributed by atoms with van der Waals surface area (Å²) in [4.78, 5) is 26.6. The van der Waals surface area contributed by atoms with Crippen molar-refractivity contribution in [1.29, 1.82) is 0 Å². The van der Waals surface area contributed by atoms with Gasteiger partial charge >= 0.3 is 0 Å². The fourth-order valence-corrected chi connectivity index (χ4v) is 3.26. The number of unbranched alkanes of at least 4 members (excludes halogenated alkanes) is 2. The van der Waals surface area contributed by atoms with Gasteiger partial charge in [-0.1, -0.05) is 26.2 Å². The van der Waals surface area contributed by atoms with Crippen LogP contribution in [0.1, 0.15) is 46.0 Å². The quantitative estimate of drug-likeness (QED) is 0.685. The zero-order chi connectivity index (χ0) is 19.1. The number of methoxy groups -OCH3 is 2. The van der Waals surface area contributed by atoms with Gasteiger partial charge in [0.2, 0.25) is 11.8 Å². The van der Waals surface area contributed by atoms with Gasteiger partial charge in [-0.2, -0.15) is 0 Å². The lowest BCUT2D eigenvalue weighted by Crippen LogP contribution is -2.38. The summed E-state index contributed by atoms with van der Waals surface area (Å²) in [7, 11) is 3.14. The summed E-state index contributed by atoms with van der Waals surface area (Å²) in [6.07, 6.45) is 4.64. The number of nitrogens with one attached hydrogen (secondary N) is 1. The van der Waals surface area contributed by atoms with Crippen molar-refractivity contribution < 1.29 is 19.1 Å². The Morgan fingerprint density at radius 3 is 2.73 bits per heavy atom. The number of carbonyl (C=O) groups excluding carboxylic acids is 2. The van der Waals surface area contributed by atoms with Gasteiger partial charge in [0.25, 0.3) is 0 Å². The minimum atomic E-state index is -0.331. The molecular weight excluding hydrogens is 332 g/mol. The molecule has 1 fully saturated rings. The van der Waals surface area contributed by atoms with Crippen molar-refractivity contribution in [3.63, 3.8) is 0 Å². The topological polar surface area (TPSA) is 67.9 Å². The first-order chi connectivity index (χ1) is 12.5. The van der Waals surface area contributed by atoms with Gasteiger partial charge in [0.05, 0.1) is 25.8 Å². The number of rotatable bonds is 9. The molecule has 6 nitrogen and oxygen atoms in total. The second-order valence-corrected chi connectivity index (χ2v) is 6.85. The number of benzene rings is 1. The first-order valence-corrected chi connectivity index (χ1v) is 9.32. The number of nitrogens with zero attached hydrogens (tertiary/aromatic N) is 1. The molecule has 1 heterocycles. The van der Waals surface area contributed by atoms with Gasteiger partial charge in [-0.15, -0.1) is 0 Å². The average Bonchev–Trinajstić information content (AvgIpc) is 3.03. The predicted octanol–water partition coefficient (Wildman–Crippen LogP) is 3.14. The molecule has 0 radical (unpaired) electrons. The maximum absolute atomic E-state index is 12.5. The molecule has 26 heavy (non-hydrogen) atoms. The van der Waals surface area contributed by atoms with Crippen LogP contribution in [0.2, 0.25) is 0 Å². The second-order valence-electron chi connectivity index (χ2n) is 6.85. The maximum Gasteiger partial charge on any atom is 0.227 e.